The van der Waals surface area contributed by atoms with E-state index >= 15 is 0 Å². The van der Waals surface area contributed by atoms with Crippen LogP contribution in [-0.2, 0) is 11.0 Å². The summed E-state index contributed by atoms with van der Waals surface area (Å²) in [5, 5.41) is 0. The van der Waals surface area contributed by atoms with Crippen molar-refractivity contribution < 1.29 is 18.9 Å². The van der Waals surface area contributed by atoms with Gasteiger partial charge in [0.15, 0.2) is 0 Å². The van der Waals surface area contributed by atoms with Crippen molar-refractivity contribution in [3.8, 4) is 5.75 Å². The molecule has 0 aliphatic rings. The molecule has 2 N–H and O–H groups in total. The van der Waals surface area contributed by atoms with Gasteiger partial charge in [-0.15, -0.1) is 0 Å². The van der Waals surface area contributed by atoms with E-state index in [9.17, 15) is 4.57 Å². The van der Waals surface area contributed by atoms with Crippen LogP contribution in [0.1, 0.15) is 70.3 Å². The molecule has 0 radical (unpaired) electrons. The maximum atomic E-state index is 10.9. The summed E-state index contributed by atoms with van der Waals surface area (Å²) in [6.45, 7) is 2.23. The van der Waals surface area contributed by atoms with Gasteiger partial charge in [-0.2, -0.15) is 0 Å². The fourth-order valence-corrected chi connectivity index (χ4v) is 2.99. The average Bonchev–Trinajstić information content (AvgIpc) is 2.45. The smallest absolute Gasteiger partial charge is 0.404 e. The number of phosphoric ester groups is 1. The average molecular weight is 328 g/mol. The standard InChI is InChI=1S/C17H29O4P/c1-2-3-4-5-6-7-8-9-10-13-16-14-11-12-15-17(16)21-22(18,19)20/h11-12,14-15H,2-10,13H2,1H3,(H2,18,19,20). The Morgan fingerprint density at radius 3 is 2.05 bits per heavy atom. The highest BCUT2D eigenvalue weighted by Gasteiger charge is 2.17. The number of benzene rings is 1. The summed E-state index contributed by atoms with van der Waals surface area (Å²) < 4.78 is 15.7. The summed E-state index contributed by atoms with van der Waals surface area (Å²) in [4.78, 5) is 17.8. The Hall–Kier alpha value is -0.830. The van der Waals surface area contributed by atoms with Crippen molar-refractivity contribution in [3.05, 3.63) is 29.8 Å². The zero-order valence-corrected chi connectivity index (χ0v) is 14.4. The maximum Gasteiger partial charge on any atom is 0.524 e. The Morgan fingerprint density at radius 2 is 1.45 bits per heavy atom. The molecule has 0 atom stereocenters. The van der Waals surface area contributed by atoms with Crippen LogP contribution in [0.4, 0.5) is 0 Å². The number of unbranched alkanes of at least 4 members (excludes halogenated alkanes) is 8. The van der Waals surface area contributed by atoms with E-state index in [2.05, 4.69) is 6.92 Å². The predicted octanol–water partition coefficient (Wildman–Crippen LogP) is 5.23. The van der Waals surface area contributed by atoms with Crippen molar-refractivity contribution >= 4 is 7.82 Å². The molecule has 0 aliphatic heterocycles. The quantitative estimate of drug-likeness (QED) is 0.407. The third-order valence-corrected chi connectivity index (χ3v) is 4.17. The van der Waals surface area contributed by atoms with Gasteiger partial charge in [-0.05, 0) is 24.5 Å². The number of hydrogen-bond donors (Lipinski definition) is 2. The van der Waals surface area contributed by atoms with Gasteiger partial charge in [0.05, 0.1) is 0 Å². The minimum atomic E-state index is -4.48. The summed E-state index contributed by atoms with van der Waals surface area (Å²) in [6.07, 6.45) is 12.1. The molecular weight excluding hydrogens is 299 g/mol. The predicted molar refractivity (Wildman–Crippen MR) is 90.0 cm³/mol. The van der Waals surface area contributed by atoms with Crippen molar-refractivity contribution in [2.45, 2.75) is 71.1 Å². The van der Waals surface area contributed by atoms with Crippen molar-refractivity contribution in [1.82, 2.24) is 0 Å². The van der Waals surface area contributed by atoms with E-state index in [1.165, 1.54) is 44.9 Å². The number of hydrogen-bond acceptors (Lipinski definition) is 2. The Labute approximate surface area is 134 Å². The maximum absolute atomic E-state index is 10.9. The van der Waals surface area contributed by atoms with E-state index in [0.717, 1.165) is 24.8 Å². The van der Waals surface area contributed by atoms with Gasteiger partial charge < -0.3 is 4.52 Å². The van der Waals surface area contributed by atoms with Crippen molar-refractivity contribution in [2.24, 2.45) is 0 Å². The van der Waals surface area contributed by atoms with E-state index in [0.29, 0.717) is 5.75 Å². The van der Waals surface area contributed by atoms with E-state index in [1.807, 2.05) is 12.1 Å². The molecule has 0 aliphatic carbocycles. The zero-order chi connectivity index (χ0) is 16.3. The van der Waals surface area contributed by atoms with Crippen LogP contribution < -0.4 is 4.52 Å². The Balaban J connectivity index is 2.21. The highest BCUT2D eigenvalue weighted by atomic mass is 31.2. The molecule has 0 heterocycles. The topological polar surface area (TPSA) is 66.8 Å². The molecule has 5 heteroatoms. The first-order valence-electron chi connectivity index (χ1n) is 8.36. The lowest BCUT2D eigenvalue weighted by atomic mass is 10.0. The monoisotopic (exact) mass is 328 g/mol. The first kappa shape index (κ1) is 19.2. The molecule has 0 amide bonds. The van der Waals surface area contributed by atoms with Gasteiger partial charge in [0.25, 0.3) is 0 Å². The Bertz CT molecular complexity index is 456. The summed E-state index contributed by atoms with van der Waals surface area (Å²) in [6, 6.07) is 7.08. The molecule has 0 spiro atoms. The van der Waals surface area contributed by atoms with E-state index in [4.69, 9.17) is 14.3 Å². The van der Waals surface area contributed by atoms with Crippen LogP contribution in [0.15, 0.2) is 24.3 Å². The van der Waals surface area contributed by atoms with E-state index in [-0.39, 0.29) is 0 Å². The van der Waals surface area contributed by atoms with Crippen LogP contribution >= 0.6 is 7.82 Å². The molecule has 0 bridgehead atoms. The number of phosphoric acid groups is 1. The van der Waals surface area contributed by atoms with Crippen LogP contribution in [0.25, 0.3) is 0 Å². The second kappa shape index (κ2) is 10.8. The molecule has 22 heavy (non-hydrogen) atoms. The summed E-state index contributed by atoms with van der Waals surface area (Å²) in [7, 11) is -4.48. The van der Waals surface area contributed by atoms with Gasteiger partial charge in [-0.25, -0.2) is 4.57 Å². The fourth-order valence-electron chi connectivity index (χ4n) is 2.55. The van der Waals surface area contributed by atoms with Gasteiger partial charge in [0.2, 0.25) is 0 Å². The van der Waals surface area contributed by atoms with Gasteiger partial charge in [-0.3, -0.25) is 9.79 Å². The Morgan fingerprint density at radius 1 is 0.909 bits per heavy atom. The molecule has 4 nitrogen and oxygen atoms in total. The third kappa shape index (κ3) is 9.24. The number of rotatable bonds is 12. The van der Waals surface area contributed by atoms with Crippen LogP contribution in [0.2, 0.25) is 0 Å². The van der Waals surface area contributed by atoms with Crippen LogP contribution in [0, 0.1) is 0 Å². The van der Waals surface area contributed by atoms with Crippen LogP contribution in [0.3, 0.4) is 0 Å². The molecule has 126 valence electrons. The molecular formula is C17H29O4P. The van der Waals surface area contributed by atoms with Gasteiger partial charge in [-0.1, -0.05) is 76.5 Å². The molecule has 0 saturated carbocycles. The minimum Gasteiger partial charge on any atom is -0.404 e. The third-order valence-electron chi connectivity index (χ3n) is 3.74. The fraction of sp³-hybridized carbons (Fsp3) is 0.647. The summed E-state index contributed by atoms with van der Waals surface area (Å²) in [5.74, 6) is 0.301. The second-order valence-electron chi connectivity index (χ2n) is 5.77. The Kier molecular flexibility index (Phi) is 9.45. The zero-order valence-electron chi connectivity index (χ0n) is 13.5. The molecule has 1 aromatic rings. The second-order valence-corrected chi connectivity index (χ2v) is 6.93. The molecule has 0 unspecified atom stereocenters. The number of aryl methyl sites for hydroxylation is 1. The first-order chi connectivity index (χ1) is 10.5. The highest BCUT2D eigenvalue weighted by molar-refractivity contribution is 7.46. The van der Waals surface area contributed by atoms with Crippen molar-refractivity contribution in [1.29, 1.82) is 0 Å². The van der Waals surface area contributed by atoms with Crippen molar-refractivity contribution in [3.63, 3.8) is 0 Å². The van der Waals surface area contributed by atoms with E-state index < -0.39 is 7.82 Å². The molecule has 1 aromatic carbocycles. The molecule has 0 saturated heterocycles. The normalized spacial score (nSPS) is 11.6. The first-order valence-corrected chi connectivity index (χ1v) is 9.89. The highest BCUT2D eigenvalue weighted by Crippen LogP contribution is 2.39. The molecule has 1 rings (SSSR count). The SMILES string of the molecule is CCCCCCCCCCCc1ccccc1OP(=O)(O)O. The van der Waals surface area contributed by atoms with Gasteiger partial charge >= 0.3 is 7.82 Å². The summed E-state index contributed by atoms with van der Waals surface area (Å²) >= 11 is 0. The lowest BCUT2D eigenvalue weighted by molar-refractivity contribution is 0.282. The molecule has 0 aromatic heterocycles. The van der Waals surface area contributed by atoms with Crippen LogP contribution in [0.5, 0.6) is 5.75 Å². The minimum absolute atomic E-state index is 0.301. The van der Waals surface area contributed by atoms with Crippen LogP contribution in [-0.4, -0.2) is 9.79 Å². The van der Waals surface area contributed by atoms with E-state index in [1.54, 1.807) is 12.1 Å². The largest absolute Gasteiger partial charge is 0.524 e. The van der Waals surface area contributed by atoms with Gasteiger partial charge in [0.1, 0.15) is 5.75 Å². The van der Waals surface area contributed by atoms with Crippen molar-refractivity contribution in [2.75, 3.05) is 0 Å². The lowest BCUT2D eigenvalue weighted by Crippen LogP contribution is -1.95. The molecule has 0 fully saturated rings. The number of para-hydroxylation sites is 1. The lowest BCUT2D eigenvalue weighted by Gasteiger charge is -2.11. The summed E-state index contributed by atoms with van der Waals surface area (Å²) in [5.41, 5.74) is 0.869. The van der Waals surface area contributed by atoms with Gasteiger partial charge in [0, 0.05) is 0 Å².